The van der Waals surface area contributed by atoms with E-state index in [1.807, 2.05) is 24.0 Å². The Bertz CT molecular complexity index is 857. The molecule has 0 aromatic heterocycles. The van der Waals surface area contributed by atoms with Gasteiger partial charge in [0, 0.05) is 17.3 Å². The summed E-state index contributed by atoms with van der Waals surface area (Å²) in [4.78, 5) is 14.6. The maximum absolute atomic E-state index is 13.2. The van der Waals surface area contributed by atoms with Crippen LogP contribution in [0, 0.1) is 11.2 Å². The number of hydrogen-bond acceptors (Lipinski definition) is 5. The number of anilines is 2. The lowest BCUT2D eigenvalue weighted by Gasteiger charge is -2.23. The van der Waals surface area contributed by atoms with Crippen LogP contribution in [0.2, 0.25) is 5.02 Å². The molecule has 0 aliphatic carbocycles. The van der Waals surface area contributed by atoms with Crippen molar-refractivity contribution in [1.82, 2.24) is 0 Å². The van der Waals surface area contributed by atoms with Crippen LogP contribution in [0.1, 0.15) is 13.8 Å². The summed E-state index contributed by atoms with van der Waals surface area (Å²) >= 11 is 6.00. The fourth-order valence-corrected chi connectivity index (χ4v) is 3.23. The van der Waals surface area contributed by atoms with Gasteiger partial charge in [0.2, 0.25) is 0 Å². The largest absolute Gasteiger partial charge is 0.465 e. The lowest BCUT2D eigenvalue weighted by atomic mass is 9.88. The number of nitrogens with zero attached hydrogens (tertiary/aromatic N) is 2. The zero-order valence-electron chi connectivity index (χ0n) is 15.2. The Morgan fingerprint density at radius 3 is 2.74 bits per heavy atom. The predicted molar refractivity (Wildman–Crippen MR) is 106 cm³/mol. The van der Waals surface area contributed by atoms with E-state index in [0.717, 1.165) is 11.4 Å². The van der Waals surface area contributed by atoms with Crippen LogP contribution >= 0.6 is 11.6 Å². The second-order valence-corrected chi connectivity index (χ2v) is 7.00. The van der Waals surface area contributed by atoms with Crippen molar-refractivity contribution in [3.05, 3.63) is 59.4 Å². The molecule has 3 rings (SSSR count). The van der Waals surface area contributed by atoms with Gasteiger partial charge in [0.25, 0.3) is 0 Å². The molecule has 2 aromatic carbocycles. The standard InChI is InChI=1S/C20H21ClFN3O2/c1-3-27-19(26)20(2)13-25(17-9-7-15(22)8-10-17)12-18(20)24-23-16-6-4-5-14(21)11-16/h4-11,23H,3,12-13H2,1-2H3/b24-18+. The molecule has 1 N–H and O–H groups in total. The molecule has 27 heavy (non-hydrogen) atoms. The van der Waals surface area contributed by atoms with E-state index in [4.69, 9.17) is 16.3 Å². The Hall–Kier alpha value is -2.60. The molecule has 1 aliphatic rings. The molecule has 1 saturated heterocycles. The molecule has 0 amide bonds. The molecular weight excluding hydrogens is 369 g/mol. The van der Waals surface area contributed by atoms with Gasteiger partial charge >= 0.3 is 5.97 Å². The van der Waals surface area contributed by atoms with E-state index in [1.165, 1.54) is 12.1 Å². The SMILES string of the molecule is CCOC(=O)C1(C)CN(c2ccc(F)cc2)C/C1=N\Nc1cccc(Cl)c1. The van der Waals surface area contributed by atoms with Gasteiger partial charge in [-0.05, 0) is 56.3 Å². The molecule has 1 aliphatic heterocycles. The summed E-state index contributed by atoms with van der Waals surface area (Å²) in [5.74, 6) is -0.635. The smallest absolute Gasteiger partial charge is 0.319 e. The monoisotopic (exact) mass is 389 g/mol. The van der Waals surface area contributed by atoms with Crippen LogP contribution in [-0.2, 0) is 9.53 Å². The van der Waals surface area contributed by atoms with Crippen molar-refractivity contribution in [3.8, 4) is 0 Å². The number of esters is 1. The number of rotatable bonds is 5. The molecule has 0 bridgehead atoms. The number of nitrogens with one attached hydrogen (secondary N) is 1. The normalized spacial score (nSPS) is 20.7. The quantitative estimate of drug-likeness (QED) is 0.610. The fourth-order valence-electron chi connectivity index (χ4n) is 3.04. The van der Waals surface area contributed by atoms with Crippen LogP contribution in [0.4, 0.5) is 15.8 Å². The molecule has 2 aromatic rings. The number of hydrogen-bond donors (Lipinski definition) is 1. The van der Waals surface area contributed by atoms with Crippen LogP contribution in [0.5, 0.6) is 0 Å². The van der Waals surface area contributed by atoms with Crippen LogP contribution in [0.25, 0.3) is 0 Å². The van der Waals surface area contributed by atoms with Gasteiger partial charge < -0.3 is 9.64 Å². The summed E-state index contributed by atoms with van der Waals surface area (Å²) in [6, 6.07) is 13.4. The molecule has 1 fully saturated rings. The molecule has 1 heterocycles. The van der Waals surface area contributed by atoms with Gasteiger partial charge in [0.05, 0.1) is 24.6 Å². The maximum Gasteiger partial charge on any atom is 0.319 e. The summed E-state index contributed by atoms with van der Waals surface area (Å²) < 4.78 is 18.5. The summed E-state index contributed by atoms with van der Waals surface area (Å²) in [5.41, 5.74) is 4.25. The molecule has 0 spiro atoms. The van der Waals surface area contributed by atoms with Crippen molar-refractivity contribution in [1.29, 1.82) is 0 Å². The van der Waals surface area contributed by atoms with Crippen molar-refractivity contribution >= 4 is 34.7 Å². The third-order valence-electron chi connectivity index (χ3n) is 4.55. The highest BCUT2D eigenvalue weighted by atomic mass is 35.5. The zero-order valence-corrected chi connectivity index (χ0v) is 16.0. The van der Waals surface area contributed by atoms with Gasteiger partial charge in [0.1, 0.15) is 11.2 Å². The molecule has 7 heteroatoms. The molecule has 1 unspecified atom stereocenters. The topological polar surface area (TPSA) is 53.9 Å². The van der Waals surface area contributed by atoms with E-state index in [2.05, 4.69) is 10.5 Å². The molecule has 0 radical (unpaired) electrons. The van der Waals surface area contributed by atoms with Crippen molar-refractivity contribution in [2.24, 2.45) is 10.5 Å². The Kier molecular flexibility index (Phi) is 5.65. The van der Waals surface area contributed by atoms with Gasteiger partial charge in [-0.15, -0.1) is 0 Å². The second kappa shape index (κ2) is 7.96. The lowest BCUT2D eigenvalue weighted by molar-refractivity contribution is -0.149. The van der Waals surface area contributed by atoms with Gasteiger partial charge in [-0.25, -0.2) is 4.39 Å². The fraction of sp³-hybridized carbons (Fsp3) is 0.300. The van der Waals surface area contributed by atoms with Gasteiger partial charge in [-0.2, -0.15) is 5.10 Å². The zero-order chi connectivity index (χ0) is 19.4. The highest BCUT2D eigenvalue weighted by Gasteiger charge is 2.47. The number of carbonyl (C=O) groups is 1. The van der Waals surface area contributed by atoms with Crippen LogP contribution in [-0.4, -0.2) is 31.4 Å². The third-order valence-corrected chi connectivity index (χ3v) is 4.78. The van der Waals surface area contributed by atoms with Crippen molar-refractivity contribution in [2.45, 2.75) is 13.8 Å². The Morgan fingerprint density at radius 1 is 1.33 bits per heavy atom. The summed E-state index contributed by atoms with van der Waals surface area (Å²) in [6.45, 7) is 4.70. The van der Waals surface area contributed by atoms with E-state index >= 15 is 0 Å². The molecule has 5 nitrogen and oxygen atoms in total. The summed E-state index contributed by atoms with van der Waals surface area (Å²) in [7, 11) is 0. The van der Waals surface area contributed by atoms with E-state index in [9.17, 15) is 9.18 Å². The number of carbonyl (C=O) groups excluding carboxylic acids is 1. The summed E-state index contributed by atoms with van der Waals surface area (Å²) in [6.07, 6.45) is 0. The number of benzene rings is 2. The maximum atomic E-state index is 13.2. The van der Waals surface area contributed by atoms with Crippen molar-refractivity contribution < 1.29 is 13.9 Å². The van der Waals surface area contributed by atoms with Crippen LogP contribution in [0.3, 0.4) is 0 Å². The van der Waals surface area contributed by atoms with E-state index < -0.39 is 5.41 Å². The van der Waals surface area contributed by atoms with Gasteiger partial charge in [0.15, 0.2) is 0 Å². The lowest BCUT2D eigenvalue weighted by Crippen LogP contribution is -2.38. The minimum absolute atomic E-state index is 0.292. The first kappa shape index (κ1) is 19.2. The van der Waals surface area contributed by atoms with Crippen LogP contribution in [0.15, 0.2) is 53.6 Å². The Balaban J connectivity index is 1.88. The number of hydrazone groups is 1. The predicted octanol–water partition coefficient (Wildman–Crippen LogP) is 4.34. The highest BCUT2D eigenvalue weighted by Crippen LogP contribution is 2.33. The second-order valence-electron chi connectivity index (χ2n) is 6.57. The average molecular weight is 390 g/mol. The Labute approximate surface area is 162 Å². The van der Waals surface area contributed by atoms with E-state index in [-0.39, 0.29) is 11.8 Å². The first-order valence-electron chi connectivity index (χ1n) is 8.69. The minimum Gasteiger partial charge on any atom is -0.465 e. The first-order valence-corrected chi connectivity index (χ1v) is 9.06. The first-order chi connectivity index (χ1) is 12.9. The van der Waals surface area contributed by atoms with Gasteiger partial charge in [-0.3, -0.25) is 10.2 Å². The van der Waals surface area contributed by atoms with Crippen molar-refractivity contribution in [3.63, 3.8) is 0 Å². The van der Waals surface area contributed by atoms with E-state index in [1.54, 1.807) is 31.2 Å². The third kappa shape index (κ3) is 4.22. The van der Waals surface area contributed by atoms with Gasteiger partial charge in [-0.1, -0.05) is 17.7 Å². The molecule has 142 valence electrons. The Morgan fingerprint density at radius 2 is 2.07 bits per heavy atom. The highest BCUT2D eigenvalue weighted by molar-refractivity contribution is 6.30. The molecule has 1 atom stereocenters. The molecule has 0 saturated carbocycles. The number of halogens is 2. The van der Waals surface area contributed by atoms with Crippen LogP contribution < -0.4 is 10.3 Å². The van der Waals surface area contributed by atoms with E-state index in [0.29, 0.717) is 30.4 Å². The molecular formula is C20H21ClFN3O2. The number of ether oxygens (including phenoxy) is 1. The minimum atomic E-state index is -0.907. The average Bonchev–Trinajstić information content (AvgIpc) is 2.99. The van der Waals surface area contributed by atoms with Crippen molar-refractivity contribution in [2.75, 3.05) is 30.0 Å². The summed E-state index contributed by atoms with van der Waals surface area (Å²) in [5, 5.41) is 5.07.